The number of carbonyl (C=O) groups excluding carboxylic acids is 1. The molecule has 2 rings (SSSR count). The SMILES string of the molecule is Nc1cccc(CC(=O)Cc2ccsc2)c1. The van der Waals surface area contributed by atoms with E-state index in [1.165, 1.54) is 0 Å². The zero-order valence-electron chi connectivity index (χ0n) is 8.85. The van der Waals surface area contributed by atoms with Gasteiger partial charge in [-0.3, -0.25) is 4.79 Å². The van der Waals surface area contributed by atoms with Gasteiger partial charge in [0.25, 0.3) is 0 Å². The molecule has 1 heterocycles. The lowest BCUT2D eigenvalue weighted by molar-refractivity contribution is -0.117. The van der Waals surface area contributed by atoms with Crippen LogP contribution in [0.2, 0.25) is 0 Å². The molecule has 0 bridgehead atoms. The molecule has 0 aliphatic rings. The molecule has 1 aromatic carbocycles. The zero-order chi connectivity index (χ0) is 11.4. The number of hydrogen-bond donors (Lipinski definition) is 1. The monoisotopic (exact) mass is 231 g/mol. The molecule has 2 nitrogen and oxygen atoms in total. The molecule has 82 valence electrons. The van der Waals surface area contributed by atoms with Crippen LogP contribution in [0.5, 0.6) is 0 Å². The summed E-state index contributed by atoms with van der Waals surface area (Å²) in [6.07, 6.45) is 0.971. The van der Waals surface area contributed by atoms with Gasteiger partial charge in [-0.05, 0) is 40.1 Å². The standard InChI is InChI=1S/C13H13NOS/c14-12-3-1-2-10(6-12)7-13(15)8-11-4-5-16-9-11/h1-6,9H,7-8,14H2. The van der Waals surface area contributed by atoms with E-state index in [4.69, 9.17) is 5.73 Å². The van der Waals surface area contributed by atoms with Crippen molar-refractivity contribution in [2.45, 2.75) is 12.8 Å². The Morgan fingerprint density at radius 3 is 2.69 bits per heavy atom. The van der Waals surface area contributed by atoms with Crippen LogP contribution >= 0.6 is 11.3 Å². The molecule has 0 saturated heterocycles. The number of thiophene rings is 1. The van der Waals surface area contributed by atoms with Crippen LogP contribution in [-0.2, 0) is 17.6 Å². The van der Waals surface area contributed by atoms with Crippen LogP contribution in [0.4, 0.5) is 5.69 Å². The van der Waals surface area contributed by atoms with Crippen molar-refractivity contribution < 1.29 is 4.79 Å². The molecule has 16 heavy (non-hydrogen) atoms. The number of anilines is 1. The Hall–Kier alpha value is -1.61. The first-order valence-electron chi connectivity index (χ1n) is 5.11. The second kappa shape index (κ2) is 4.94. The number of rotatable bonds is 4. The van der Waals surface area contributed by atoms with Crippen molar-refractivity contribution in [1.82, 2.24) is 0 Å². The van der Waals surface area contributed by atoms with Crippen molar-refractivity contribution in [3.63, 3.8) is 0 Å². The maximum absolute atomic E-state index is 11.8. The fourth-order valence-corrected chi connectivity index (χ4v) is 2.28. The van der Waals surface area contributed by atoms with Crippen molar-refractivity contribution >= 4 is 22.8 Å². The van der Waals surface area contributed by atoms with Gasteiger partial charge in [-0.1, -0.05) is 12.1 Å². The number of carbonyl (C=O) groups is 1. The van der Waals surface area contributed by atoms with E-state index in [-0.39, 0.29) is 5.78 Å². The van der Waals surface area contributed by atoms with Crippen LogP contribution in [0.25, 0.3) is 0 Å². The fourth-order valence-electron chi connectivity index (χ4n) is 1.61. The minimum Gasteiger partial charge on any atom is -0.399 e. The van der Waals surface area contributed by atoms with Crippen molar-refractivity contribution in [3.05, 3.63) is 52.2 Å². The summed E-state index contributed by atoms with van der Waals surface area (Å²) >= 11 is 1.62. The Balaban J connectivity index is 1.97. The number of hydrogen-bond acceptors (Lipinski definition) is 3. The minimum absolute atomic E-state index is 0.226. The van der Waals surface area contributed by atoms with Crippen LogP contribution in [0, 0.1) is 0 Å². The maximum atomic E-state index is 11.8. The molecule has 3 heteroatoms. The van der Waals surface area contributed by atoms with Gasteiger partial charge < -0.3 is 5.73 Å². The molecule has 2 N–H and O–H groups in total. The summed E-state index contributed by atoms with van der Waals surface area (Å²) in [6, 6.07) is 9.48. The molecular formula is C13H13NOS. The first-order valence-corrected chi connectivity index (χ1v) is 6.05. The van der Waals surface area contributed by atoms with Crippen molar-refractivity contribution in [2.75, 3.05) is 5.73 Å². The largest absolute Gasteiger partial charge is 0.399 e. The molecule has 0 aliphatic heterocycles. The van der Waals surface area contributed by atoms with Gasteiger partial charge in [0, 0.05) is 18.5 Å². The lowest BCUT2D eigenvalue weighted by Gasteiger charge is -2.01. The highest BCUT2D eigenvalue weighted by Crippen LogP contribution is 2.11. The van der Waals surface area contributed by atoms with Crippen LogP contribution in [0.1, 0.15) is 11.1 Å². The van der Waals surface area contributed by atoms with E-state index in [1.807, 2.05) is 41.1 Å². The average Bonchev–Trinajstić information content (AvgIpc) is 2.70. The number of Topliss-reactive ketones (excluding diaryl/α,β-unsaturated/α-hetero) is 1. The molecule has 1 aromatic heterocycles. The molecule has 0 spiro atoms. The Bertz CT molecular complexity index is 476. The van der Waals surface area contributed by atoms with Crippen LogP contribution in [-0.4, -0.2) is 5.78 Å². The summed E-state index contributed by atoms with van der Waals surface area (Å²) in [4.78, 5) is 11.8. The fraction of sp³-hybridized carbons (Fsp3) is 0.154. The smallest absolute Gasteiger partial charge is 0.141 e. The van der Waals surface area contributed by atoms with Gasteiger partial charge in [0.2, 0.25) is 0 Å². The maximum Gasteiger partial charge on any atom is 0.141 e. The van der Waals surface area contributed by atoms with Gasteiger partial charge in [0.05, 0.1) is 0 Å². The summed E-state index contributed by atoms with van der Waals surface area (Å²) in [5.41, 5.74) is 8.45. The van der Waals surface area contributed by atoms with E-state index in [9.17, 15) is 4.79 Å². The third-order valence-electron chi connectivity index (χ3n) is 2.33. The number of benzene rings is 1. The molecule has 0 unspecified atom stereocenters. The molecule has 2 aromatic rings. The summed E-state index contributed by atoms with van der Waals surface area (Å²) in [5, 5.41) is 4.00. The van der Waals surface area contributed by atoms with E-state index in [0.29, 0.717) is 18.5 Å². The first-order chi connectivity index (χ1) is 7.74. The van der Waals surface area contributed by atoms with E-state index < -0.39 is 0 Å². The van der Waals surface area contributed by atoms with Gasteiger partial charge in [-0.25, -0.2) is 0 Å². The Kier molecular flexibility index (Phi) is 3.37. The normalized spacial score (nSPS) is 10.2. The Morgan fingerprint density at radius 1 is 1.19 bits per heavy atom. The lowest BCUT2D eigenvalue weighted by atomic mass is 10.0. The highest BCUT2D eigenvalue weighted by molar-refractivity contribution is 7.07. The summed E-state index contributed by atoms with van der Waals surface area (Å²) in [6.45, 7) is 0. The third-order valence-corrected chi connectivity index (χ3v) is 3.07. The predicted molar refractivity (Wildman–Crippen MR) is 67.6 cm³/mol. The number of nitrogens with two attached hydrogens (primary N) is 1. The summed E-state index contributed by atoms with van der Waals surface area (Å²) in [7, 11) is 0. The van der Waals surface area contributed by atoms with Crippen LogP contribution in [0.15, 0.2) is 41.1 Å². The average molecular weight is 231 g/mol. The Morgan fingerprint density at radius 2 is 2.00 bits per heavy atom. The van der Waals surface area contributed by atoms with Crippen molar-refractivity contribution in [3.8, 4) is 0 Å². The van der Waals surface area contributed by atoms with Crippen LogP contribution in [0.3, 0.4) is 0 Å². The third kappa shape index (κ3) is 2.94. The Labute approximate surface area is 98.7 Å². The van der Waals surface area contributed by atoms with Crippen LogP contribution < -0.4 is 5.73 Å². The zero-order valence-corrected chi connectivity index (χ0v) is 9.67. The minimum atomic E-state index is 0.226. The second-order valence-corrected chi connectivity index (χ2v) is 4.55. The molecule has 0 radical (unpaired) electrons. The molecule has 0 atom stereocenters. The second-order valence-electron chi connectivity index (χ2n) is 3.77. The van der Waals surface area contributed by atoms with Gasteiger partial charge >= 0.3 is 0 Å². The predicted octanol–water partition coefficient (Wildman–Crippen LogP) is 2.68. The van der Waals surface area contributed by atoms with Gasteiger partial charge in [-0.2, -0.15) is 11.3 Å². The molecular weight excluding hydrogens is 218 g/mol. The molecule has 0 fully saturated rings. The first kappa shape index (κ1) is 10.9. The summed E-state index contributed by atoms with van der Waals surface area (Å²) < 4.78 is 0. The summed E-state index contributed by atoms with van der Waals surface area (Å²) in [5.74, 6) is 0.226. The van der Waals surface area contributed by atoms with Crippen molar-refractivity contribution in [2.24, 2.45) is 0 Å². The van der Waals surface area contributed by atoms with E-state index in [0.717, 1.165) is 11.1 Å². The molecule has 0 amide bonds. The number of nitrogen functional groups attached to an aromatic ring is 1. The quantitative estimate of drug-likeness (QED) is 0.822. The number of ketones is 1. The molecule has 0 aliphatic carbocycles. The van der Waals surface area contributed by atoms with Crippen molar-refractivity contribution in [1.29, 1.82) is 0 Å². The van der Waals surface area contributed by atoms with E-state index in [2.05, 4.69) is 0 Å². The van der Waals surface area contributed by atoms with E-state index >= 15 is 0 Å². The topological polar surface area (TPSA) is 43.1 Å². The highest BCUT2D eigenvalue weighted by Gasteiger charge is 2.05. The molecule has 0 saturated carbocycles. The van der Waals surface area contributed by atoms with E-state index in [1.54, 1.807) is 11.3 Å². The van der Waals surface area contributed by atoms with Gasteiger partial charge in [0.1, 0.15) is 5.78 Å². The van der Waals surface area contributed by atoms with Gasteiger partial charge in [0.15, 0.2) is 0 Å². The van der Waals surface area contributed by atoms with Gasteiger partial charge in [-0.15, -0.1) is 0 Å². The highest BCUT2D eigenvalue weighted by atomic mass is 32.1. The lowest BCUT2D eigenvalue weighted by Crippen LogP contribution is -2.06.